The zero-order valence-corrected chi connectivity index (χ0v) is 19.0. The fraction of sp³-hybridized carbons (Fsp3) is 0.480. The summed E-state index contributed by atoms with van der Waals surface area (Å²) >= 11 is 0. The van der Waals surface area contributed by atoms with E-state index in [1.807, 2.05) is 19.1 Å². The Balaban J connectivity index is 0.000000205. The summed E-state index contributed by atoms with van der Waals surface area (Å²) in [5.74, 6) is 0.697. The Labute approximate surface area is 192 Å². The first kappa shape index (κ1) is 24.7. The second-order valence-electron chi connectivity index (χ2n) is 8.77. The third-order valence-electron chi connectivity index (χ3n) is 6.09. The van der Waals surface area contributed by atoms with E-state index in [-0.39, 0.29) is 37.1 Å². The Hall–Kier alpha value is -2.90. The van der Waals surface area contributed by atoms with Gasteiger partial charge >= 0.3 is 6.18 Å². The monoisotopic (exact) mass is 464 g/mol. The molecular weight excluding hydrogens is 433 g/mol. The van der Waals surface area contributed by atoms with Gasteiger partial charge in [0, 0.05) is 25.7 Å². The number of ether oxygens (including phenoxy) is 1. The minimum atomic E-state index is -4.15. The Morgan fingerprint density at radius 3 is 2.15 bits per heavy atom. The van der Waals surface area contributed by atoms with Gasteiger partial charge in [0.2, 0.25) is 5.91 Å². The van der Waals surface area contributed by atoms with Crippen molar-refractivity contribution in [2.75, 3.05) is 24.6 Å². The van der Waals surface area contributed by atoms with Crippen LogP contribution in [0.3, 0.4) is 0 Å². The van der Waals surface area contributed by atoms with Crippen LogP contribution < -0.4 is 15.0 Å². The summed E-state index contributed by atoms with van der Waals surface area (Å²) in [6.45, 7) is 5.22. The van der Waals surface area contributed by atoms with Crippen LogP contribution in [0.5, 0.6) is 11.5 Å². The van der Waals surface area contributed by atoms with Crippen LogP contribution >= 0.6 is 0 Å². The van der Waals surface area contributed by atoms with Crippen LogP contribution in [0.2, 0.25) is 0 Å². The molecule has 2 aliphatic rings. The molecule has 1 unspecified atom stereocenters. The maximum Gasteiger partial charge on any atom is 0.397 e. The number of anilines is 1. The Morgan fingerprint density at radius 1 is 1.09 bits per heavy atom. The van der Waals surface area contributed by atoms with Crippen LogP contribution in [0.25, 0.3) is 0 Å². The molecule has 1 saturated carbocycles. The summed E-state index contributed by atoms with van der Waals surface area (Å²) < 4.78 is 43.7. The van der Waals surface area contributed by atoms with Gasteiger partial charge in [0.25, 0.3) is 0 Å². The summed E-state index contributed by atoms with van der Waals surface area (Å²) in [6.07, 6.45) is -1.38. The molecule has 8 heteroatoms. The van der Waals surface area contributed by atoms with E-state index >= 15 is 0 Å². The fourth-order valence-electron chi connectivity index (χ4n) is 3.76. The lowest BCUT2D eigenvalue weighted by Gasteiger charge is -2.20. The van der Waals surface area contributed by atoms with Gasteiger partial charge in [-0.05, 0) is 74.6 Å². The number of amides is 1. The van der Waals surface area contributed by atoms with Gasteiger partial charge in [0.15, 0.2) is 0 Å². The highest BCUT2D eigenvalue weighted by atomic mass is 19.4. The number of nitrogens with zero attached hydrogens (tertiary/aromatic N) is 1. The van der Waals surface area contributed by atoms with Crippen LogP contribution in [-0.2, 0) is 4.79 Å². The normalized spacial score (nSPS) is 17.5. The van der Waals surface area contributed by atoms with Gasteiger partial charge in [-0.2, -0.15) is 13.2 Å². The number of rotatable bonds is 6. The second kappa shape index (κ2) is 10.4. The topological polar surface area (TPSA) is 61.8 Å². The lowest BCUT2D eigenvalue weighted by Crippen LogP contribution is -2.30. The molecular formula is C25H31F3N2O3. The fourth-order valence-corrected chi connectivity index (χ4v) is 3.76. The maximum atomic E-state index is 12.8. The molecule has 1 aliphatic carbocycles. The standard InChI is InChI=1S/C15H18F3NO.C10H13NO2/c16-15(17,18)14(7-8-14)11-20-13-5-3-12(4-6-13)19-9-1-2-10-19;1-7(11-8(2)12)9-3-5-10(13)6-4-9/h3-6H,1-2,7-11H2;3-7,13H,1-2H3,(H,11,12). The number of carbonyl (C=O) groups is 1. The quantitative estimate of drug-likeness (QED) is 0.585. The van der Waals surface area contributed by atoms with E-state index in [1.54, 1.807) is 36.4 Å². The number of halogens is 3. The van der Waals surface area contributed by atoms with Gasteiger partial charge in [-0.3, -0.25) is 4.79 Å². The van der Waals surface area contributed by atoms with Gasteiger partial charge in [0.05, 0.1) is 6.04 Å². The molecule has 0 bridgehead atoms. The summed E-state index contributed by atoms with van der Waals surface area (Å²) in [6, 6.07) is 14.1. The van der Waals surface area contributed by atoms with E-state index in [4.69, 9.17) is 9.84 Å². The van der Waals surface area contributed by atoms with Crippen molar-refractivity contribution in [2.45, 2.75) is 51.7 Å². The lowest BCUT2D eigenvalue weighted by molar-refractivity contribution is -0.194. The summed E-state index contributed by atoms with van der Waals surface area (Å²) in [5, 5.41) is 11.8. The third kappa shape index (κ3) is 6.79. The first-order valence-corrected chi connectivity index (χ1v) is 11.2. The van der Waals surface area contributed by atoms with Gasteiger partial charge in [0.1, 0.15) is 23.5 Å². The zero-order chi connectivity index (χ0) is 24.1. The minimum absolute atomic E-state index is 0.0156. The van der Waals surface area contributed by atoms with Gasteiger partial charge in [-0.25, -0.2) is 0 Å². The van der Waals surface area contributed by atoms with E-state index in [0.29, 0.717) is 5.75 Å². The molecule has 0 spiro atoms. The van der Waals surface area contributed by atoms with Crippen molar-refractivity contribution < 1.29 is 27.8 Å². The molecule has 1 amide bonds. The number of carbonyl (C=O) groups excluding carboxylic acids is 1. The highest BCUT2D eigenvalue weighted by Crippen LogP contribution is 2.57. The molecule has 2 N–H and O–H groups in total. The van der Waals surface area contributed by atoms with Crippen molar-refractivity contribution in [3.05, 3.63) is 54.1 Å². The molecule has 1 atom stereocenters. The summed E-state index contributed by atoms with van der Waals surface area (Å²) in [7, 11) is 0. The average Bonchev–Trinajstić information content (AvgIpc) is 3.38. The first-order chi connectivity index (χ1) is 15.6. The Bertz CT molecular complexity index is 904. The van der Waals surface area contributed by atoms with Crippen molar-refractivity contribution in [1.29, 1.82) is 0 Å². The molecule has 0 radical (unpaired) electrons. The highest BCUT2D eigenvalue weighted by Gasteiger charge is 2.63. The molecule has 2 fully saturated rings. The van der Waals surface area contributed by atoms with Gasteiger partial charge < -0.3 is 20.1 Å². The summed E-state index contributed by atoms with van der Waals surface area (Å²) in [5.41, 5.74) is 0.500. The van der Waals surface area contributed by atoms with E-state index in [2.05, 4.69) is 10.2 Å². The molecule has 1 aliphatic heterocycles. The Morgan fingerprint density at radius 2 is 1.67 bits per heavy atom. The van der Waals surface area contributed by atoms with Crippen LogP contribution in [0.1, 0.15) is 51.1 Å². The average molecular weight is 465 g/mol. The number of hydrogen-bond donors (Lipinski definition) is 2. The first-order valence-electron chi connectivity index (χ1n) is 11.2. The number of aromatic hydroxyl groups is 1. The van der Waals surface area contributed by atoms with Crippen LogP contribution in [0.4, 0.5) is 18.9 Å². The third-order valence-corrected chi connectivity index (χ3v) is 6.09. The van der Waals surface area contributed by atoms with E-state index in [0.717, 1.165) is 24.3 Å². The molecule has 1 saturated heterocycles. The predicted molar refractivity (Wildman–Crippen MR) is 121 cm³/mol. The molecule has 2 aromatic rings. The number of phenolic OH excluding ortho intramolecular Hbond substituents is 1. The van der Waals surface area contributed by atoms with Crippen molar-refractivity contribution in [1.82, 2.24) is 5.32 Å². The summed E-state index contributed by atoms with van der Waals surface area (Å²) in [4.78, 5) is 13.0. The van der Waals surface area contributed by atoms with Crippen molar-refractivity contribution in [2.24, 2.45) is 5.41 Å². The molecule has 2 aromatic carbocycles. The van der Waals surface area contributed by atoms with Crippen molar-refractivity contribution >= 4 is 11.6 Å². The molecule has 1 heterocycles. The minimum Gasteiger partial charge on any atom is -0.508 e. The van der Waals surface area contributed by atoms with Crippen LogP contribution in [-0.4, -0.2) is 36.9 Å². The van der Waals surface area contributed by atoms with Gasteiger partial charge in [-0.1, -0.05) is 12.1 Å². The number of phenols is 1. The number of alkyl halides is 3. The zero-order valence-electron chi connectivity index (χ0n) is 19.0. The molecule has 180 valence electrons. The lowest BCUT2D eigenvalue weighted by atomic mass is 10.1. The van der Waals surface area contributed by atoms with Gasteiger partial charge in [-0.15, -0.1) is 0 Å². The number of hydrogen-bond acceptors (Lipinski definition) is 4. The SMILES string of the molecule is CC(=O)NC(C)c1ccc(O)cc1.FC(F)(F)C1(COc2ccc(N3CCCC3)cc2)CC1. The number of benzene rings is 2. The van der Waals surface area contributed by atoms with E-state index in [1.165, 1.54) is 19.8 Å². The largest absolute Gasteiger partial charge is 0.508 e. The molecule has 4 rings (SSSR count). The van der Waals surface area contributed by atoms with E-state index < -0.39 is 11.6 Å². The smallest absolute Gasteiger partial charge is 0.397 e. The van der Waals surface area contributed by atoms with Crippen LogP contribution in [0.15, 0.2) is 48.5 Å². The predicted octanol–water partition coefficient (Wildman–Crippen LogP) is 5.60. The molecule has 33 heavy (non-hydrogen) atoms. The van der Waals surface area contributed by atoms with Crippen molar-refractivity contribution in [3.8, 4) is 11.5 Å². The van der Waals surface area contributed by atoms with Crippen molar-refractivity contribution in [3.63, 3.8) is 0 Å². The maximum absolute atomic E-state index is 12.8. The Kier molecular flexibility index (Phi) is 7.76. The number of nitrogens with one attached hydrogen (secondary N) is 1. The molecule has 0 aromatic heterocycles. The molecule has 5 nitrogen and oxygen atoms in total. The van der Waals surface area contributed by atoms with Crippen LogP contribution in [0, 0.1) is 5.41 Å². The van der Waals surface area contributed by atoms with E-state index in [9.17, 15) is 18.0 Å². The highest BCUT2D eigenvalue weighted by molar-refractivity contribution is 5.73. The second-order valence-corrected chi connectivity index (χ2v) is 8.77.